The molecule has 0 aromatic heterocycles. The van der Waals surface area contributed by atoms with Crippen molar-refractivity contribution < 1.29 is 4.74 Å². The number of fused-ring (bicyclic) bond motifs is 1. The second-order valence-corrected chi connectivity index (χ2v) is 8.25. The first-order valence-corrected chi connectivity index (χ1v) is 10.4. The van der Waals surface area contributed by atoms with E-state index in [9.17, 15) is 0 Å². The molecular weight excluding hydrogens is 350 g/mol. The van der Waals surface area contributed by atoms with E-state index in [-0.39, 0.29) is 5.54 Å². The number of likely N-dealkylation sites (N-methyl/N-ethyl adjacent to an activating group) is 1. The Labute approximate surface area is 171 Å². The van der Waals surface area contributed by atoms with Crippen LogP contribution in [0.4, 0.5) is 0 Å². The van der Waals surface area contributed by atoms with Crippen LogP contribution in [-0.4, -0.2) is 81.8 Å². The molecule has 0 unspecified atom stereocenters. The van der Waals surface area contributed by atoms with Crippen LogP contribution in [0.1, 0.15) is 31.4 Å². The maximum atomic E-state index is 5.11. The van der Waals surface area contributed by atoms with Gasteiger partial charge in [-0.15, -0.1) is 0 Å². The van der Waals surface area contributed by atoms with Crippen LogP contribution in [-0.2, 0) is 17.7 Å². The molecule has 0 amide bonds. The number of nitrogens with zero attached hydrogens (tertiary/aromatic N) is 3. The summed E-state index contributed by atoms with van der Waals surface area (Å²) in [7, 11) is 5.73. The van der Waals surface area contributed by atoms with Gasteiger partial charge in [0.25, 0.3) is 0 Å². The smallest absolute Gasteiger partial charge is 0.191 e. The molecular formula is C22H39N5O. The van der Waals surface area contributed by atoms with Gasteiger partial charge in [-0.05, 0) is 44.9 Å². The SMILES string of the molecule is CN=C(NCCN(C)CCCOC)NCC(C)(C)N1CCc2ccccc2C1. The minimum absolute atomic E-state index is 0.0576. The number of aliphatic imine (C=N–C) groups is 1. The standard InChI is InChI=1S/C22H39N5O/c1-22(2,27-14-11-19-9-6-7-10-20(19)17-27)18-25-21(23-3)24-12-15-26(4)13-8-16-28-5/h6-7,9-10H,8,11-18H2,1-5H3,(H2,23,24,25). The fourth-order valence-corrected chi connectivity index (χ4v) is 3.60. The van der Waals surface area contributed by atoms with Crippen LogP contribution < -0.4 is 10.6 Å². The van der Waals surface area contributed by atoms with Gasteiger partial charge in [0.2, 0.25) is 0 Å². The molecule has 0 spiro atoms. The Balaban J connectivity index is 1.74. The zero-order valence-electron chi connectivity index (χ0n) is 18.4. The Hall–Kier alpha value is -1.63. The lowest BCUT2D eigenvalue weighted by atomic mass is 9.94. The summed E-state index contributed by atoms with van der Waals surface area (Å²) in [5, 5.41) is 6.95. The first kappa shape index (κ1) is 22.7. The summed E-state index contributed by atoms with van der Waals surface area (Å²) >= 11 is 0. The Kier molecular flexibility index (Phi) is 9.22. The third-order valence-corrected chi connectivity index (χ3v) is 5.57. The van der Waals surface area contributed by atoms with Crippen molar-refractivity contribution in [3.8, 4) is 0 Å². The maximum absolute atomic E-state index is 5.11. The summed E-state index contributed by atoms with van der Waals surface area (Å²) in [6.07, 6.45) is 2.19. The number of nitrogens with one attached hydrogen (secondary N) is 2. The largest absolute Gasteiger partial charge is 0.385 e. The molecule has 1 aromatic rings. The fraction of sp³-hybridized carbons (Fsp3) is 0.682. The Bertz CT molecular complexity index is 617. The Morgan fingerprint density at radius 1 is 1.21 bits per heavy atom. The molecule has 0 fully saturated rings. The molecule has 28 heavy (non-hydrogen) atoms. The van der Waals surface area contributed by atoms with Crippen LogP contribution in [0.5, 0.6) is 0 Å². The maximum Gasteiger partial charge on any atom is 0.191 e. The number of hydrogen-bond acceptors (Lipinski definition) is 4. The summed E-state index contributed by atoms with van der Waals surface area (Å²) in [5.74, 6) is 0.871. The predicted molar refractivity (Wildman–Crippen MR) is 118 cm³/mol. The highest BCUT2D eigenvalue weighted by Gasteiger charge is 2.29. The quantitative estimate of drug-likeness (QED) is 0.364. The minimum atomic E-state index is 0.0576. The topological polar surface area (TPSA) is 52.1 Å². The minimum Gasteiger partial charge on any atom is -0.385 e. The first-order valence-electron chi connectivity index (χ1n) is 10.4. The number of methoxy groups -OCH3 is 1. The second kappa shape index (κ2) is 11.4. The van der Waals surface area contributed by atoms with Crippen molar-refractivity contribution in [3.05, 3.63) is 35.4 Å². The lowest BCUT2D eigenvalue weighted by Gasteiger charge is -2.42. The molecule has 1 aliphatic rings. The van der Waals surface area contributed by atoms with Crippen LogP contribution in [0.15, 0.2) is 29.3 Å². The molecule has 1 aromatic carbocycles. The fourth-order valence-electron chi connectivity index (χ4n) is 3.60. The van der Waals surface area contributed by atoms with Crippen LogP contribution in [0.3, 0.4) is 0 Å². The third kappa shape index (κ3) is 7.08. The van der Waals surface area contributed by atoms with Crippen LogP contribution in [0, 0.1) is 0 Å². The van der Waals surface area contributed by atoms with Crippen molar-refractivity contribution in [2.45, 2.75) is 38.8 Å². The highest BCUT2D eigenvalue weighted by Crippen LogP contribution is 2.24. The molecule has 0 radical (unpaired) electrons. The van der Waals surface area contributed by atoms with Crippen molar-refractivity contribution in [1.29, 1.82) is 0 Å². The molecule has 158 valence electrons. The first-order chi connectivity index (χ1) is 13.5. The van der Waals surface area contributed by atoms with E-state index in [4.69, 9.17) is 4.74 Å². The van der Waals surface area contributed by atoms with E-state index < -0.39 is 0 Å². The van der Waals surface area contributed by atoms with Gasteiger partial charge >= 0.3 is 0 Å². The molecule has 6 heteroatoms. The zero-order chi connectivity index (χ0) is 20.4. The molecule has 0 atom stereocenters. The van der Waals surface area contributed by atoms with Crippen molar-refractivity contribution in [2.75, 3.05) is 60.5 Å². The molecule has 1 aliphatic heterocycles. The highest BCUT2D eigenvalue weighted by molar-refractivity contribution is 5.79. The number of rotatable bonds is 10. The van der Waals surface area contributed by atoms with Crippen LogP contribution in [0.2, 0.25) is 0 Å². The van der Waals surface area contributed by atoms with Gasteiger partial charge in [0.15, 0.2) is 5.96 Å². The lowest BCUT2D eigenvalue weighted by molar-refractivity contribution is 0.107. The van der Waals surface area contributed by atoms with Gasteiger partial charge in [-0.1, -0.05) is 24.3 Å². The van der Waals surface area contributed by atoms with Gasteiger partial charge in [0, 0.05) is 65.6 Å². The van der Waals surface area contributed by atoms with Crippen LogP contribution >= 0.6 is 0 Å². The average Bonchev–Trinajstić information content (AvgIpc) is 2.70. The molecule has 0 saturated heterocycles. The summed E-state index contributed by atoms with van der Waals surface area (Å²) in [6.45, 7) is 11.3. The van der Waals surface area contributed by atoms with E-state index in [1.54, 1.807) is 7.11 Å². The van der Waals surface area contributed by atoms with E-state index in [0.717, 1.165) is 64.7 Å². The molecule has 2 N–H and O–H groups in total. The normalized spacial score (nSPS) is 15.6. The molecule has 0 saturated carbocycles. The van der Waals surface area contributed by atoms with E-state index in [0.29, 0.717) is 0 Å². The van der Waals surface area contributed by atoms with Gasteiger partial charge in [-0.2, -0.15) is 0 Å². The third-order valence-electron chi connectivity index (χ3n) is 5.57. The van der Waals surface area contributed by atoms with Gasteiger partial charge in [-0.25, -0.2) is 0 Å². The molecule has 1 heterocycles. The molecule has 2 rings (SSSR count). The van der Waals surface area contributed by atoms with Gasteiger partial charge in [0.05, 0.1) is 0 Å². The average molecular weight is 390 g/mol. The van der Waals surface area contributed by atoms with E-state index >= 15 is 0 Å². The number of benzene rings is 1. The number of hydrogen-bond donors (Lipinski definition) is 2. The van der Waals surface area contributed by atoms with Gasteiger partial charge in [0.1, 0.15) is 0 Å². The van der Waals surface area contributed by atoms with Gasteiger partial charge in [-0.3, -0.25) is 9.89 Å². The Morgan fingerprint density at radius 2 is 1.96 bits per heavy atom. The monoisotopic (exact) mass is 389 g/mol. The second-order valence-electron chi connectivity index (χ2n) is 8.25. The Morgan fingerprint density at radius 3 is 2.68 bits per heavy atom. The van der Waals surface area contributed by atoms with Crippen molar-refractivity contribution in [3.63, 3.8) is 0 Å². The summed E-state index contributed by atoms with van der Waals surface area (Å²) in [6, 6.07) is 8.81. The predicted octanol–water partition coefficient (Wildman–Crippen LogP) is 1.96. The van der Waals surface area contributed by atoms with Crippen molar-refractivity contribution in [1.82, 2.24) is 20.4 Å². The number of ether oxygens (including phenoxy) is 1. The zero-order valence-corrected chi connectivity index (χ0v) is 18.4. The van der Waals surface area contributed by atoms with E-state index in [1.165, 1.54) is 11.1 Å². The summed E-state index contributed by atoms with van der Waals surface area (Å²) < 4.78 is 5.11. The van der Waals surface area contributed by atoms with E-state index in [1.807, 2.05) is 7.05 Å². The lowest BCUT2D eigenvalue weighted by Crippen LogP contribution is -2.55. The summed E-state index contributed by atoms with van der Waals surface area (Å²) in [4.78, 5) is 9.26. The molecule has 6 nitrogen and oxygen atoms in total. The molecule has 0 bridgehead atoms. The van der Waals surface area contributed by atoms with Gasteiger partial charge < -0.3 is 20.3 Å². The van der Waals surface area contributed by atoms with E-state index in [2.05, 4.69) is 70.6 Å². The van der Waals surface area contributed by atoms with Crippen molar-refractivity contribution >= 4 is 5.96 Å². The van der Waals surface area contributed by atoms with Crippen molar-refractivity contribution in [2.24, 2.45) is 4.99 Å². The summed E-state index contributed by atoms with van der Waals surface area (Å²) in [5.41, 5.74) is 3.01. The highest BCUT2D eigenvalue weighted by atomic mass is 16.5. The van der Waals surface area contributed by atoms with Crippen LogP contribution in [0.25, 0.3) is 0 Å². The number of guanidine groups is 1. The molecule has 0 aliphatic carbocycles.